The fourth-order valence-corrected chi connectivity index (χ4v) is 2.45. The second-order valence-electron chi connectivity index (χ2n) is 5.04. The Kier molecular flexibility index (Phi) is 5.21. The smallest absolute Gasteiger partial charge is 0.0175 e. The molecule has 0 aromatic rings. The quantitative estimate of drug-likeness (QED) is 0.637. The molecule has 15 heavy (non-hydrogen) atoms. The molecule has 2 atom stereocenters. The highest BCUT2D eigenvalue weighted by Gasteiger charge is 2.20. The van der Waals surface area contributed by atoms with Gasteiger partial charge in [0.15, 0.2) is 0 Å². The Balaban J connectivity index is 2.45. The van der Waals surface area contributed by atoms with Crippen molar-refractivity contribution in [3.63, 3.8) is 0 Å². The first kappa shape index (κ1) is 12.6. The van der Waals surface area contributed by atoms with Gasteiger partial charge in [-0.25, -0.2) is 0 Å². The molecule has 1 rings (SSSR count). The first-order valence-corrected chi connectivity index (χ1v) is 6.62. The van der Waals surface area contributed by atoms with Crippen LogP contribution in [-0.4, -0.2) is 18.0 Å². The Morgan fingerprint density at radius 3 is 2.27 bits per heavy atom. The van der Waals surface area contributed by atoms with Crippen molar-refractivity contribution in [2.75, 3.05) is 13.1 Å². The summed E-state index contributed by atoms with van der Waals surface area (Å²) in [7, 11) is 0. The summed E-state index contributed by atoms with van der Waals surface area (Å²) in [5, 5.41) is 0. The van der Waals surface area contributed by atoms with Crippen LogP contribution in [0.5, 0.6) is 0 Å². The van der Waals surface area contributed by atoms with Crippen molar-refractivity contribution >= 4 is 0 Å². The van der Waals surface area contributed by atoms with Crippen LogP contribution in [0.2, 0.25) is 0 Å². The summed E-state index contributed by atoms with van der Waals surface area (Å²) >= 11 is 0. The number of hydrogen-bond acceptors (Lipinski definition) is 1. The summed E-state index contributed by atoms with van der Waals surface area (Å²) in [6.45, 7) is 13.8. The van der Waals surface area contributed by atoms with Gasteiger partial charge in [0, 0.05) is 18.8 Å². The summed E-state index contributed by atoms with van der Waals surface area (Å²) in [6, 6.07) is 0. The highest BCUT2D eigenvalue weighted by atomic mass is 15.1. The van der Waals surface area contributed by atoms with Crippen LogP contribution in [0.4, 0.5) is 0 Å². The van der Waals surface area contributed by atoms with E-state index in [9.17, 15) is 0 Å². The maximum absolute atomic E-state index is 4.32. The highest BCUT2D eigenvalue weighted by Crippen LogP contribution is 2.28. The minimum Gasteiger partial charge on any atom is -0.375 e. The molecule has 1 aliphatic heterocycles. The lowest BCUT2D eigenvalue weighted by Crippen LogP contribution is -2.24. The molecule has 1 heteroatoms. The van der Waals surface area contributed by atoms with Gasteiger partial charge in [0.25, 0.3) is 0 Å². The number of rotatable bonds is 6. The van der Waals surface area contributed by atoms with Gasteiger partial charge in [-0.15, -0.1) is 0 Å². The van der Waals surface area contributed by atoms with E-state index in [4.69, 9.17) is 0 Å². The summed E-state index contributed by atoms with van der Waals surface area (Å²) in [5.41, 5.74) is 1.41. The molecule has 0 amide bonds. The third kappa shape index (κ3) is 3.55. The number of hydrogen-bond donors (Lipinski definition) is 0. The molecule has 1 nitrogen and oxygen atoms in total. The monoisotopic (exact) mass is 209 g/mol. The van der Waals surface area contributed by atoms with E-state index in [0.29, 0.717) is 0 Å². The van der Waals surface area contributed by atoms with Crippen LogP contribution in [0, 0.1) is 11.8 Å². The zero-order valence-corrected chi connectivity index (χ0v) is 10.8. The van der Waals surface area contributed by atoms with Gasteiger partial charge in [0.05, 0.1) is 0 Å². The summed E-state index contributed by atoms with van der Waals surface area (Å²) in [5.74, 6) is 1.56. The summed E-state index contributed by atoms with van der Waals surface area (Å²) < 4.78 is 0. The van der Waals surface area contributed by atoms with Crippen LogP contribution < -0.4 is 0 Å². The fraction of sp³-hybridized carbons (Fsp3) is 0.857. The summed E-state index contributed by atoms with van der Waals surface area (Å²) in [6.07, 6.45) is 6.59. The Hall–Kier alpha value is -0.460. The highest BCUT2D eigenvalue weighted by molar-refractivity contribution is 5.01. The average molecular weight is 209 g/mol. The van der Waals surface area contributed by atoms with Gasteiger partial charge in [0.2, 0.25) is 0 Å². The molecule has 0 aromatic carbocycles. The van der Waals surface area contributed by atoms with Crippen molar-refractivity contribution in [1.29, 1.82) is 0 Å². The Bertz CT molecular complexity index is 192. The van der Waals surface area contributed by atoms with Gasteiger partial charge in [-0.05, 0) is 37.5 Å². The average Bonchev–Trinajstić information content (AvgIpc) is 2.77. The van der Waals surface area contributed by atoms with E-state index in [1.807, 2.05) is 0 Å². The molecular formula is C14H27N. The standard InChI is InChI=1S/C14H27N/c1-5-12(3)11-14(6-2)13(4)15-9-7-8-10-15/h12,14H,4-11H2,1-3H3. The normalized spacial score (nSPS) is 20.3. The van der Waals surface area contributed by atoms with Crippen LogP contribution in [-0.2, 0) is 0 Å². The van der Waals surface area contributed by atoms with Crippen molar-refractivity contribution in [2.24, 2.45) is 11.8 Å². The molecule has 0 aliphatic carbocycles. The fourth-order valence-electron chi connectivity index (χ4n) is 2.45. The molecule has 0 saturated carbocycles. The zero-order chi connectivity index (χ0) is 11.3. The molecule has 2 unspecified atom stereocenters. The maximum Gasteiger partial charge on any atom is 0.0175 e. The van der Waals surface area contributed by atoms with Crippen LogP contribution >= 0.6 is 0 Å². The van der Waals surface area contributed by atoms with Gasteiger partial charge in [0.1, 0.15) is 0 Å². The molecule has 0 N–H and O–H groups in total. The van der Waals surface area contributed by atoms with E-state index in [0.717, 1.165) is 11.8 Å². The van der Waals surface area contributed by atoms with Crippen molar-refractivity contribution < 1.29 is 0 Å². The lowest BCUT2D eigenvalue weighted by atomic mass is 9.89. The second-order valence-corrected chi connectivity index (χ2v) is 5.04. The Morgan fingerprint density at radius 1 is 1.20 bits per heavy atom. The minimum atomic E-state index is 0.720. The van der Waals surface area contributed by atoms with E-state index >= 15 is 0 Å². The van der Waals surface area contributed by atoms with Crippen LogP contribution in [0.25, 0.3) is 0 Å². The molecule has 0 radical (unpaired) electrons. The lowest BCUT2D eigenvalue weighted by molar-refractivity contribution is 0.315. The molecule has 1 fully saturated rings. The second kappa shape index (κ2) is 6.19. The van der Waals surface area contributed by atoms with Crippen LogP contribution in [0.1, 0.15) is 52.9 Å². The van der Waals surface area contributed by atoms with E-state index in [1.165, 1.54) is 50.9 Å². The lowest BCUT2D eigenvalue weighted by Gasteiger charge is -2.29. The van der Waals surface area contributed by atoms with Gasteiger partial charge in [-0.3, -0.25) is 0 Å². The van der Waals surface area contributed by atoms with E-state index in [2.05, 4.69) is 32.3 Å². The molecular weight excluding hydrogens is 182 g/mol. The first-order chi connectivity index (χ1) is 7.19. The Morgan fingerprint density at radius 2 is 1.80 bits per heavy atom. The van der Waals surface area contributed by atoms with E-state index < -0.39 is 0 Å². The predicted octanol–water partition coefficient (Wildman–Crippen LogP) is 4.06. The third-order valence-electron chi connectivity index (χ3n) is 3.86. The van der Waals surface area contributed by atoms with Gasteiger partial charge in [-0.2, -0.15) is 0 Å². The SMILES string of the molecule is C=C(C(CC)CC(C)CC)N1CCCC1. The Labute approximate surface area is 95.5 Å². The first-order valence-electron chi connectivity index (χ1n) is 6.62. The summed E-state index contributed by atoms with van der Waals surface area (Å²) in [4.78, 5) is 2.51. The van der Waals surface area contributed by atoms with Gasteiger partial charge < -0.3 is 4.90 Å². The third-order valence-corrected chi connectivity index (χ3v) is 3.86. The molecule has 0 aromatic heterocycles. The topological polar surface area (TPSA) is 3.24 Å². The van der Waals surface area contributed by atoms with Crippen molar-refractivity contribution in [2.45, 2.75) is 52.9 Å². The number of nitrogens with zero attached hydrogens (tertiary/aromatic N) is 1. The van der Waals surface area contributed by atoms with E-state index in [1.54, 1.807) is 0 Å². The molecule has 88 valence electrons. The molecule has 0 bridgehead atoms. The predicted molar refractivity (Wildman–Crippen MR) is 67.8 cm³/mol. The molecule has 1 aliphatic rings. The maximum atomic E-state index is 4.32. The number of allylic oxidation sites excluding steroid dienone is 1. The van der Waals surface area contributed by atoms with Gasteiger partial charge >= 0.3 is 0 Å². The van der Waals surface area contributed by atoms with Crippen molar-refractivity contribution in [3.8, 4) is 0 Å². The number of likely N-dealkylation sites (tertiary alicyclic amines) is 1. The van der Waals surface area contributed by atoms with Crippen molar-refractivity contribution in [3.05, 3.63) is 12.3 Å². The molecule has 1 heterocycles. The minimum absolute atomic E-state index is 0.720. The largest absolute Gasteiger partial charge is 0.375 e. The zero-order valence-electron chi connectivity index (χ0n) is 10.8. The van der Waals surface area contributed by atoms with Crippen LogP contribution in [0.3, 0.4) is 0 Å². The molecule has 0 spiro atoms. The van der Waals surface area contributed by atoms with E-state index in [-0.39, 0.29) is 0 Å². The van der Waals surface area contributed by atoms with Gasteiger partial charge in [-0.1, -0.05) is 33.8 Å². The molecule has 1 saturated heterocycles. The van der Waals surface area contributed by atoms with Crippen LogP contribution in [0.15, 0.2) is 12.3 Å². The van der Waals surface area contributed by atoms with Crippen molar-refractivity contribution in [1.82, 2.24) is 4.90 Å².